The molecule has 0 saturated carbocycles. The van der Waals surface area contributed by atoms with E-state index in [9.17, 15) is 13.6 Å². The summed E-state index contributed by atoms with van der Waals surface area (Å²) < 4.78 is 27.9. The zero-order valence-corrected chi connectivity index (χ0v) is 9.52. The molecule has 2 rings (SSSR count). The van der Waals surface area contributed by atoms with Gasteiger partial charge in [0, 0.05) is 18.3 Å². The Balaban J connectivity index is 2.45. The van der Waals surface area contributed by atoms with Gasteiger partial charge in [0.15, 0.2) is 0 Å². The van der Waals surface area contributed by atoms with Crippen LogP contribution in [0.2, 0.25) is 0 Å². The van der Waals surface area contributed by atoms with Crippen LogP contribution in [-0.2, 0) is 18.3 Å². The lowest BCUT2D eigenvalue weighted by molar-refractivity contribution is -0.136. The van der Waals surface area contributed by atoms with E-state index >= 15 is 0 Å². The number of rotatable bonds is 3. The van der Waals surface area contributed by atoms with Gasteiger partial charge in [-0.1, -0.05) is 0 Å². The van der Waals surface area contributed by atoms with Gasteiger partial charge < -0.3 is 5.11 Å². The Morgan fingerprint density at radius 2 is 2.11 bits per heavy atom. The quantitative estimate of drug-likeness (QED) is 0.908. The summed E-state index contributed by atoms with van der Waals surface area (Å²) in [5.41, 5.74) is 0.647. The fraction of sp³-hybridized carbons (Fsp3) is 0.167. The smallest absolute Gasteiger partial charge is 0.309 e. The Morgan fingerprint density at radius 3 is 2.78 bits per heavy atom. The fourth-order valence-electron chi connectivity index (χ4n) is 1.65. The number of halogens is 2. The van der Waals surface area contributed by atoms with Crippen LogP contribution >= 0.6 is 0 Å². The molecule has 1 heterocycles. The minimum absolute atomic E-state index is 0.0160. The summed E-state index contributed by atoms with van der Waals surface area (Å²) in [5.74, 6) is -2.18. The van der Waals surface area contributed by atoms with Crippen LogP contribution in [0.25, 0.3) is 11.3 Å². The first-order chi connectivity index (χ1) is 8.47. The predicted octanol–water partition coefficient (Wildman–Crippen LogP) is 1.99. The number of hydrogen-bond donors (Lipinski definition) is 1. The monoisotopic (exact) mass is 252 g/mol. The third-order valence-corrected chi connectivity index (χ3v) is 2.51. The van der Waals surface area contributed by atoms with Crippen molar-refractivity contribution in [1.29, 1.82) is 0 Å². The molecule has 0 aliphatic rings. The van der Waals surface area contributed by atoms with E-state index in [0.717, 1.165) is 18.2 Å². The molecule has 0 unspecified atom stereocenters. The third-order valence-electron chi connectivity index (χ3n) is 2.51. The van der Waals surface area contributed by atoms with Gasteiger partial charge in [0.25, 0.3) is 0 Å². The van der Waals surface area contributed by atoms with E-state index < -0.39 is 17.6 Å². The zero-order chi connectivity index (χ0) is 13.3. The Labute approximate surface area is 101 Å². The van der Waals surface area contributed by atoms with Gasteiger partial charge in [-0.15, -0.1) is 0 Å². The molecule has 0 atom stereocenters. The Bertz CT molecular complexity index is 608. The Hall–Kier alpha value is -2.24. The molecule has 6 heteroatoms. The highest BCUT2D eigenvalue weighted by Crippen LogP contribution is 2.23. The highest BCUT2D eigenvalue weighted by molar-refractivity contribution is 5.70. The number of nitrogens with zero attached hydrogens (tertiary/aromatic N) is 2. The van der Waals surface area contributed by atoms with Crippen molar-refractivity contribution >= 4 is 5.97 Å². The number of carbonyl (C=O) groups is 1. The maximum absolute atomic E-state index is 13.5. The van der Waals surface area contributed by atoms with Crippen LogP contribution in [0, 0.1) is 11.6 Å². The maximum atomic E-state index is 13.5. The van der Waals surface area contributed by atoms with E-state index in [1.165, 1.54) is 10.7 Å². The predicted molar refractivity (Wildman–Crippen MR) is 59.9 cm³/mol. The van der Waals surface area contributed by atoms with Crippen LogP contribution in [-0.4, -0.2) is 20.9 Å². The molecular weight excluding hydrogens is 242 g/mol. The van der Waals surface area contributed by atoms with Gasteiger partial charge in [-0.25, -0.2) is 8.78 Å². The molecule has 1 aromatic carbocycles. The summed E-state index contributed by atoms with van der Waals surface area (Å²) in [6.45, 7) is 0. The van der Waals surface area contributed by atoms with E-state index in [2.05, 4.69) is 5.10 Å². The number of carboxylic acid groups (broad SMARTS) is 1. The molecule has 2 aromatic rings. The summed E-state index contributed by atoms with van der Waals surface area (Å²) in [5, 5.41) is 12.7. The van der Waals surface area contributed by atoms with Crippen LogP contribution < -0.4 is 0 Å². The number of benzene rings is 1. The van der Waals surface area contributed by atoms with Crippen molar-refractivity contribution in [3.63, 3.8) is 0 Å². The second-order valence-corrected chi connectivity index (χ2v) is 3.84. The van der Waals surface area contributed by atoms with Crippen LogP contribution in [0.3, 0.4) is 0 Å². The highest BCUT2D eigenvalue weighted by atomic mass is 19.1. The number of carboxylic acids is 1. The van der Waals surface area contributed by atoms with Crippen molar-refractivity contribution < 1.29 is 18.7 Å². The average molecular weight is 252 g/mol. The average Bonchev–Trinajstić information content (AvgIpc) is 2.63. The van der Waals surface area contributed by atoms with Crippen molar-refractivity contribution in [1.82, 2.24) is 9.78 Å². The Morgan fingerprint density at radius 1 is 1.39 bits per heavy atom. The van der Waals surface area contributed by atoms with Gasteiger partial charge in [0.2, 0.25) is 0 Å². The van der Waals surface area contributed by atoms with Gasteiger partial charge >= 0.3 is 5.97 Å². The standard InChI is InChI=1S/C12H10F2N2O2/c1-16-8(6-12(17)18)5-11(15-16)9-4-7(13)2-3-10(9)14/h2-5H,6H2,1H3,(H,17,18). The van der Waals surface area contributed by atoms with E-state index in [0.29, 0.717) is 5.69 Å². The first kappa shape index (κ1) is 12.2. The fourth-order valence-corrected chi connectivity index (χ4v) is 1.65. The van der Waals surface area contributed by atoms with E-state index in [1.54, 1.807) is 7.05 Å². The number of aliphatic carboxylic acids is 1. The van der Waals surface area contributed by atoms with E-state index in [-0.39, 0.29) is 17.7 Å². The first-order valence-electron chi connectivity index (χ1n) is 5.17. The molecule has 0 radical (unpaired) electrons. The van der Waals surface area contributed by atoms with Gasteiger partial charge in [-0.2, -0.15) is 5.10 Å². The topological polar surface area (TPSA) is 55.1 Å². The van der Waals surface area contributed by atoms with Crippen molar-refractivity contribution in [2.45, 2.75) is 6.42 Å². The van der Waals surface area contributed by atoms with Crippen LogP contribution in [0.5, 0.6) is 0 Å². The molecule has 4 nitrogen and oxygen atoms in total. The molecule has 18 heavy (non-hydrogen) atoms. The third kappa shape index (κ3) is 2.37. The number of aromatic nitrogens is 2. The second-order valence-electron chi connectivity index (χ2n) is 3.84. The molecule has 0 amide bonds. The molecule has 1 N–H and O–H groups in total. The minimum atomic E-state index is -1.01. The summed E-state index contributed by atoms with van der Waals surface area (Å²) in [6.07, 6.45) is -0.222. The summed E-state index contributed by atoms with van der Waals surface area (Å²) in [7, 11) is 1.55. The zero-order valence-electron chi connectivity index (χ0n) is 9.52. The molecular formula is C12H10F2N2O2. The molecule has 0 aliphatic heterocycles. The highest BCUT2D eigenvalue weighted by Gasteiger charge is 2.13. The van der Waals surface area contributed by atoms with Crippen molar-refractivity contribution in [2.75, 3.05) is 0 Å². The molecule has 1 aromatic heterocycles. The molecule has 0 spiro atoms. The summed E-state index contributed by atoms with van der Waals surface area (Å²) >= 11 is 0. The van der Waals surface area contributed by atoms with Crippen molar-refractivity contribution in [2.24, 2.45) is 7.05 Å². The van der Waals surface area contributed by atoms with Gasteiger partial charge in [-0.3, -0.25) is 9.48 Å². The molecule has 94 valence electrons. The molecule has 0 fully saturated rings. The van der Waals surface area contributed by atoms with Crippen molar-refractivity contribution in [3.8, 4) is 11.3 Å². The van der Waals surface area contributed by atoms with Crippen LogP contribution in [0.4, 0.5) is 8.78 Å². The number of hydrogen-bond acceptors (Lipinski definition) is 2. The number of aryl methyl sites for hydroxylation is 1. The van der Waals surface area contributed by atoms with E-state index in [1.807, 2.05) is 0 Å². The second kappa shape index (κ2) is 4.56. The summed E-state index contributed by atoms with van der Waals surface area (Å²) in [4.78, 5) is 10.6. The van der Waals surface area contributed by atoms with E-state index in [4.69, 9.17) is 5.11 Å². The lowest BCUT2D eigenvalue weighted by atomic mass is 10.1. The van der Waals surface area contributed by atoms with Gasteiger partial charge in [0.1, 0.15) is 11.6 Å². The first-order valence-corrected chi connectivity index (χ1v) is 5.17. The summed E-state index contributed by atoms with van der Waals surface area (Å²) in [6, 6.07) is 4.49. The van der Waals surface area contributed by atoms with Crippen LogP contribution in [0.15, 0.2) is 24.3 Å². The Kier molecular flexibility index (Phi) is 3.10. The minimum Gasteiger partial charge on any atom is -0.481 e. The molecule has 0 saturated heterocycles. The van der Waals surface area contributed by atoms with Gasteiger partial charge in [-0.05, 0) is 24.3 Å². The lowest BCUT2D eigenvalue weighted by Gasteiger charge is -1.98. The SMILES string of the molecule is Cn1nc(-c2cc(F)ccc2F)cc1CC(=O)O. The normalized spacial score (nSPS) is 10.6. The maximum Gasteiger partial charge on any atom is 0.309 e. The molecule has 0 aliphatic carbocycles. The van der Waals surface area contributed by atoms with Crippen LogP contribution in [0.1, 0.15) is 5.69 Å². The molecule has 0 bridgehead atoms. The largest absolute Gasteiger partial charge is 0.481 e. The van der Waals surface area contributed by atoms with Gasteiger partial charge in [0.05, 0.1) is 12.1 Å². The lowest BCUT2D eigenvalue weighted by Crippen LogP contribution is -2.05. The van der Waals surface area contributed by atoms with Crippen molar-refractivity contribution in [3.05, 3.63) is 41.6 Å².